The molecule has 0 aliphatic heterocycles. The molecule has 0 bridgehead atoms. The fraction of sp³-hybridized carbons (Fsp3) is 0.556. The van der Waals surface area contributed by atoms with Crippen molar-refractivity contribution in [2.45, 2.75) is 19.1 Å². The summed E-state index contributed by atoms with van der Waals surface area (Å²) in [5.74, 6) is 0.575. The van der Waals surface area contributed by atoms with E-state index in [-0.39, 0.29) is 0 Å². The lowest BCUT2D eigenvalue weighted by molar-refractivity contribution is 0.763. The SMILES string of the molecule is C=C[C@@H](C)[C@H](/C=C/C)SC. The Bertz CT molecular complexity index is 116. The Labute approximate surface area is 68.4 Å². The van der Waals surface area contributed by atoms with Crippen LogP contribution in [0.25, 0.3) is 0 Å². The van der Waals surface area contributed by atoms with E-state index in [1.165, 1.54) is 0 Å². The van der Waals surface area contributed by atoms with Crippen molar-refractivity contribution in [1.82, 2.24) is 0 Å². The molecule has 0 radical (unpaired) electrons. The third-order valence-corrected chi connectivity index (χ3v) is 2.68. The standard InChI is InChI=1S/C9H16S/c1-5-7-9(10-4)8(3)6-2/h5-9H,2H2,1,3-4H3/b7-5+/t8-,9+/m1/s1. The highest BCUT2D eigenvalue weighted by molar-refractivity contribution is 7.99. The van der Waals surface area contributed by atoms with Gasteiger partial charge in [0, 0.05) is 5.25 Å². The second-order valence-electron chi connectivity index (χ2n) is 2.32. The van der Waals surface area contributed by atoms with E-state index in [4.69, 9.17) is 0 Å². The van der Waals surface area contributed by atoms with Crippen molar-refractivity contribution in [1.29, 1.82) is 0 Å². The molecule has 0 spiro atoms. The topological polar surface area (TPSA) is 0 Å². The molecule has 0 N–H and O–H groups in total. The molecule has 0 aromatic heterocycles. The lowest BCUT2D eigenvalue weighted by Crippen LogP contribution is -2.07. The van der Waals surface area contributed by atoms with Gasteiger partial charge in [-0.1, -0.05) is 25.2 Å². The van der Waals surface area contributed by atoms with Gasteiger partial charge >= 0.3 is 0 Å². The highest BCUT2D eigenvalue weighted by atomic mass is 32.2. The van der Waals surface area contributed by atoms with E-state index in [0.29, 0.717) is 11.2 Å². The van der Waals surface area contributed by atoms with Crippen LogP contribution in [0.3, 0.4) is 0 Å². The third kappa shape index (κ3) is 3.11. The second-order valence-corrected chi connectivity index (χ2v) is 3.34. The van der Waals surface area contributed by atoms with Crippen LogP contribution in [0.1, 0.15) is 13.8 Å². The molecule has 0 heterocycles. The predicted molar refractivity (Wildman–Crippen MR) is 51.5 cm³/mol. The molecule has 0 aromatic carbocycles. The highest BCUT2D eigenvalue weighted by Crippen LogP contribution is 2.18. The molecular weight excluding hydrogens is 140 g/mol. The first-order chi connectivity index (χ1) is 4.76. The van der Waals surface area contributed by atoms with Gasteiger partial charge in [-0.3, -0.25) is 0 Å². The first kappa shape index (κ1) is 9.83. The summed E-state index contributed by atoms with van der Waals surface area (Å²) in [7, 11) is 0. The molecule has 0 aliphatic rings. The zero-order valence-electron chi connectivity index (χ0n) is 7.00. The van der Waals surface area contributed by atoms with Crippen LogP contribution in [0, 0.1) is 5.92 Å². The molecule has 0 aromatic rings. The Morgan fingerprint density at radius 1 is 1.50 bits per heavy atom. The van der Waals surface area contributed by atoms with Crippen molar-refractivity contribution < 1.29 is 0 Å². The molecule has 58 valence electrons. The highest BCUT2D eigenvalue weighted by Gasteiger charge is 2.07. The van der Waals surface area contributed by atoms with Crippen LogP contribution in [-0.2, 0) is 0 Å². The Hall–Kier alpha value is -0.170. The summed E-state index contributed by atoms with van der Waals surface area (Å²) in [6.07, 6.45) is 8.45. The molecule has 0 amide bonds. The minimum absolute atomic E-state index is 0.575. The first-order valence-electron chi connectivity index (χ1n) is 3.54. The minimum atomic E-state index is 0.575. The van der Waals surface area contributed by atoms with E-state index in [1.807, 2.05) is 17.8 Å². The molecule has 10 heavy (non-hydrogen) atoms. The number of rotatable bonds is 4. The van der Waals surface area contributed by atoms with Gasteiger partial charge in [0.05, 0.1) is 0 Å². The van der Waals surface area contributed by atoms with E-state index >= 15 is 0 Å². The smallest absolute Gasteiger partial charge is 0.0284 e. The van der Waals surface area contributed by atoms with E-state index in [1.54, 1.807) is 0 Å². The molecule has 0 fully saturated rings. The second kappa shape index (κ2) is 5.60. The predicted octanol–water partition coefficient (Wildman–Crippen LogP) is 3.12. The van der Waals surface area contributed by atoms with Gasteiger partial charge in [0.25, 0.3) is 0 Å². The minimum Gasteiger partial charge on any atom is -0.157 e. The summed E-state index contributed by atoms with van der Waals surface area (Å²) >= 11 is 1.87. The molecule has 0 aliphatic carbocycles. The van der Waals surface area contributed by atoms with E-state index in [2.05, 4.69) is 38.8 Å². The van der Waals surface area contributed by atoms with Crippen LogP contribution in [-0.4, -0.2) is 11.5 Å². The van der Waals surface area contributed by atoms with Gasteiger partial charge in [0.1, 0.15) is 0 Å². The summed E-state index contributed by atoms with van der Waals surface area (Å²) in [6.45, 7) is 8.01. The Balaban J connectivity index is 3.91. The molecule has 0 unspecified atom stereocenters. The summed E-state index contributed by atoms with van der Waals surface area (Å²) in [4.78, 5) is 0. The fourth-order valence-corrected chi connectivity index (χ4v) is 1.65. The van der Waals surface area contributed by atoms with Gasteiger partial charge in [0.15, 0.2) is 0 Å². The number of thioether (sulfide) groups is 1. The molecule has 2 atom stereocenters. The van der Waals surface area contributed by atoms with Gasteiger partial charge < -0.3 is 0 Å². The lowest BCUT2D eigenvalue weighted by Gasteiger charge is -2.13. The van der Waals surface area contributed by atoms with Gasteiger partial charge in [-0.2, -0.15) is 11.8 Å². The van der Waals surface area contributed by atoms with Crippen LogP contribution in [0.15, 0.2) is 24.8 Å². The Morgan fingerprint density at radius 3 is 2.40 bits per heavy atom. The maximum absolute atomic E-state index is 3.76. The van der Waals surface area contributed by atoms with Gasteiger partial charge in [-0.15, -0.1) is 6.58 Å². The average Bonchev–Trinajstić information content (AvgIpc) is 1.99. The summed E-state index contributed by atoms with van der Waals surface area (Å²) in [5, 5.41) is 0.600. The molecular formula is C9H16S. The van der Waals surface area contributed by atoms with Gasteiger partial charge in [-0.25, -0.2) is 0 Å². The molecule has 0 rings (SSSR count). The zero-order chi connectivity index (χ0) is 7.98. The number of allylic oxidation sites excluding steroid dienone is 2. The lowest BCUT2D eigenvalue weighted by atomic mass is 10.1. The number of hydrogen-bond acceptors (Lipinski definition) is 1. The van der Waals surface area contributed by atoms with Crippen molar-refractivity contribution in [3.63, 3.8) is 0 Å². The van der Waals surface area contributed by atoms with Crippen LogP contribution in [0.5, 0.6) is 0 Å². The molecule has 0 saturated heterocycles. The third-order valence-electron chi connectivity index (χ3n) is 1.54. The van der Waals surface area contributed by atoms with Crippen molar-refractivity contribution in [3.05, 3.63) is 24.8 Å². The quantitative estimate of drug-likeness (QED) is 0.564. The summed E-state index contributed by atoms with van der Waals surface area (Å²) in [6, 6.07) is 0. The largest absolute Gasteiger partial charge is 0.157 e. The Morgan fingerprint density at radius 2 is 2.10 bits per heavy atom. The maximum atomic E-state index is 3.76. The molecule has 1 heteroatoms. The van der Waals surface area contributed by atoms with Crippen molar-refractivity contribution in [3.8, 4) is 0 Å². The maximum Gasteiger partial charge on any atom is 0.0284 e. The van der Waals surface area contributed by atoms with E-state index in [0.717, 1.165) is 0 Å². The number of hydrogen-bond donors (Lipinski definition) is 0. The normalized spacial score (nSPS) is 17.1. The van der Waals surface area contributed by atoms with E-state index in [9.17, 15) is 0 Å². The first-order valence-corrected chi connectivity index (χ1v) is 4.83. The van der Waals surface area contributed by atoms with Crippen molar-refractivity contribution in [2.75, 3.05) is 6.26 Å². The molecule has 0 saturated carbocycles. The van der Waals surface area contributed by atoms with Crippen molar-refractivity contribution >= 4 is 11.8 Å². The summed E-state index contributed by atoms with van der Waals surface area (Å²) in [5.41, 5.74) is 0. The van der Waals surface area contributed by atoms with Crippen molar-refractivity contribution in [2.24, 2.45) is 5.92 Å². The van der Waals surface area contributed by atoms with Gasteiger partial charge in [-0.05, 0) is 19.1 Å². The van der Waals surface area contributed by atoms with Crippen LogP contribution >= 0.6 is 11.8 Å². The van der Waals surface area contributed by atoms with Crippen LogP contribution in [0.2, 0.25) is 0 Å². The van der Waals surface area contributed by atoms with Gasteiger partial charge in [0.2, 0.25) is 0 Å². The van der Waals surface area contributed by atoms with Crippen LogP contribution in [0.4, 0.5) is 0 Å². The summed E-state index contributed by atoms with van der Waals surface area (Å²) < 4.78 is 0. The Kier molecular flexibility index (Phi) is 5.51. The van der Waals surface area contributed by atoms with E-state index < -0.39 is 0 Å². The monoisotopic (exact) mass is 156 g/mol. The zero-order valence-corrected chi connectivity index (χ0v) is 7.82. The fourth-order valence-electron chi connectivity index (χ4n) is 0.792. The van der Waals surface area contributed by atoms with Crippen LogP contribution < -0.4 is 0 Å². The average molecular weight is 156 g/mol. The molecule has 0 nitrogen and oxygen atoms in total.